The van der Waals surface area contributed by atoms with E-state index in [0.29, 0.717) is 19.2 Å². The van der Waals surface area contributed by atoms with Crippen molar-refractivity contribution in [2.75, 3.05) is 19.6 Å². The lowest BCUT2D eigenvalue weighted by atomic mass is 9.94. The topological polar surface area (TPSA) is 70.7 Å². The fourth-order valence-corrected chi connectivity index (χ4v) is 4.99. The van der Waals surface area contributed by atoms with Gasteiger partial charge in [0.15, 0.2) is 0 Å². The number of hydrogen-bond acceptors (Lipinski definition) is 4. The SMILES string of the molecule is O=C(CNC(=O)c1cccc(C(F)(F)F)c1)N[C@H]1CN(C2CCCCC2)C[C@H]1OCc1ccccc1. The summed E-state index contributed by atoms with van der Waals surface area (Å²) < 4.78 is 45.0. The summed E-state index contributed by atoms with van der Waals surface area (Å²) in [5, 5.41) is 5.40. The molecule has 2 aromatic carbocycles. The van der Waals surface area contributed by atoms with Gasteiger partial charge in [-0.15, -0.1) is 0 Å². The summed E-state index contributed by atoms with van der Waals surface area (Å²) in [6.45, 7) is 1.49. The highest BCUT2D eigenvalue weighted by atomic mass is 19.4. The maximum atomic E-state index is 12.9. The van der Waals surface area contributed by atoms with Crippen LogP contribution in [0.15, 0.2) is 54.6 Å². The first kappa shape index (κ1) is 26.2. The quantitative estimate of drug-likeness (QED) is 0.568. The number of ether oxygens (including phenoxy) is 1. The van der Waals surface area contributed by atoms with Crippen LogP contribution in [0.1, 0.15) is 53.6 Å². The van der Waals surface area contributed by atoms with Crippen molar-refractivity contribution in [1.29, 1.82) is 0 Å². The minimum Gasteiger partial charge on any atom is -0.370 e. The van der Waals surface area contributed by atoms with Crippen LogP contribution >= 0.6 is 0 Å². The molecule has 2 amide bonds. The van der Waals surface area contributed by atoms with Gasteiger partial charge in [0.1, 0.15) is 0 Å². The summed E-state index contributed by atoms with van der Waals surface area (Å²) in [4.78, 5) is 27.4. The van der Waals surface area contributed by atoms with E-state index in [9.17, 15) is 22.8 Å². The minimum absolute atomic E-state index is 0.147. The summed E-state index contributed by atoms with van der Waals surface area (Å²) in [6, 6.07) is 14.2. The molecule has 2 fully saturated rings. The van der Waals surface area contributed by atoms with Crippen LogP contribution in [0.5, 0.6) is 0 Å². The van der Waals surface area contributed by atoms with E-state index in [1.807, 2.05) is 30.3 Å². The van der Waals surface area contributed by atoms with E-state index in [-0.39, 0.29) is 24.3 Å². The normalized spacial score (nSPS) is 21.3. The highest BCUT2D eigenvalue weighted by molar-refractivity contribution is 5.96. The van der Waals surface area contributed by atoms with Gasteiger partial charge in [0.25, 0.3) is 5.91 Å². The summed E-state index contributed by atoms with van der Waals surface area (Å²) in [5.41, 5.74) is -0.00940. The molecule has 0 unspecified atom stereocenters. The van der Waals surface area contributed by atoms with Gasteiger partial charge in [0, 0.05) is 24.7 Å². The fourth-order valence-electron chi connectivity index (χ4n) is 4.99. The van der Waals surface area contributed by atoms with Crippen LogP contribution in [0.3, 0.4) is 0 Å². The van der Waals surface area contributed by atoms with Gasteiger partial charge in [-0.2, -0.15) is 13.2 Å². The molecule has 36 heavy (non-hydrogen) atoms. The van der Waals surface area contributed by atoms with Crippen LogP contribution in [0.4, 0.5) is 13.2 Å². The van der Waals surface area contributed by atoms with E-state index >= 15 is 0 Å². The van der Waals surface area contributed by atoms with E-state index < -0.39 is 23.6 Å². The van der Waals surface area contributed by atoms with Gasteiger partial charge in [0.2, 0.25) is 5.91 Å². The van der Waals surface area contributed by atoms with Crippen molar-refractivity contribution in [2.24, 2.45) is 0 Å². The second kappa shape index (κ2) is 11.9. The Bertz CT molecular complexity index is 1030. The van der Waals surface area contributed by atoms with Crippen molar-refractivity contribution in [3.05, 3.63) is 71.3 Å². The Hall–Kier alpha value is -2.91. The molecule has 6 nitrogen and oxygen atoms in total. The summed E-state index contributed by atoms with van der Waals surface area (Å²) in [7, 11) is 0. The zero-order valence-corrected chi connectivity index (χ0v) is 20.1. The molecule has 1 saturated carbocycles. The van der Waals surface area contributed by atoms with Gasteiger partial charge in [0.05, 0.1) is 30.9 Å². The van der Waals surface area contributed by atoms with Crippen LogP contribution in [0.2, 0.25) is 0 Å². The molecule has 1 aliphatic carbocycles. The summed E-state index contributed by atoms with van der Waals surface area (Å²) in [6.07, 6.45) is 1.19. The van der Waals surface area contributed by atoms with Crippen molar-refractivity contribution < 1.29 is 27.5 Å². The molecule has 2 aliphatic rings. The van der Waals surface area contributed by atoms with Gasteiger partial charge in [-0.3, -0.25) is 14.5 Å². The third kappa shape index (κ3) is 7.07. The molecular weight excluding hydrogens is 471 g/mol. The Morgan fingerprint density at radius 3 is 2.44 bits per heavy atom. The van der Waals surface area contributed by atoms with Crippen molar-refractivity contribution in [1.82, 2.24) is 15.5 Å². The first-order valence-corrected chi connectivity index (χ1v) is 12.4. The summed E-state index contributed by atoms with van der Waals surface area (Å²) >= 11 is 0. The molecular formula is C27H32F3N3O3. The van der Waals surface area contributed by atoms with Crippen molar-refractivity contribution in [3.8, 4) is 0 Å². The Morgan fingerprint density at radius 2 is 1.72 bits per heavy atom. The molecule has 0 aromatic heterocycles. The maximum absolute atomic E-state index is 12.9. The Balaban J connectivity index is 1.34. The molecule has 9 heteroatoms. The van der Waals surface area contributed by atoms with E-state index in [1.54, 1.807) is 0 Å². The van der Waals surface area contributed by atoms with Crippen LogP contribution < -0.4 is 10.6 Å². The van der Waals surface area contributed by atoms with Crippen molar-refractivity contribution in [3.63, 3.8) is 0 Å². The number of amides is 2. The lowest BCUT2D eigenvalue weighted by Gasteiger charge is -2.30. The smallest absolute Gasteiger partial charge is 0.370 e. The Kier molecular flexibility index (Phi) is 8.64. The fraction of sp³-hybridized carbons (Fsp3) is 0.481. The van der Waals surface area contributed by atoms with E-state index in [4.69, 9.17) is 4.74 Å². The molecule has 1 heterocycles. The van der Waals surface area contributed by atoms with Crippen LogP contribution in [0, 0.1) is 0 Å². The molecule has 0 spiro atoms. The largest absolute Gasteiger partial charge is 0.416 e. The number of nitrogens with zero attached hydrogens (tertiary/aromatic N) is 1. The van der Waals surface area contributed by atoms with Gasteiger partial charge in [-0.05, 0) is 36.6 Å². The van der Waals surface area contributed by atoms with E-state index in [1.165, 1.54) is 31.4 Å². The number of rotatable bonds is 8. The zero-order valence-electron chi connectivity index (χ0n) is 20.1. The highest BCUT2D eigenvalue weighted by Crippen LogP contribution is 2.30. The monoisotopic (exact) mass is 503 g/mol. The number of alkyl halides is 3. The van der Waals surface area contributed by atoms with Gasteiger partial charge in [-0.1, -0.05) is 55.7 Å². The Morgan fingerprint density at radius 1 is 0.972 bits per heavy atom. The number of hydrogen-bond donors (Lipinski definition) is 2. The Labute approximate surface area is 209 Å². The predicted octanol–water partition coefficient (Wildman–Crippen LogP) is 4.15. The first-order valence-electron chi connectivity index (χ1n) is 12.4. The summed E-state index contributed by atoms with van der Waals surface area (Å²) in [5.74, 6) is -1.14. The van der Waals surface area contributed by atoms with Gasteiger partial charge < -0.3 is 15.4 Å². The average molecular weight is 504 g/mol. The highest BCUT2D eigenvalue weighted by Gasteiger charge is 2.38. The van der Waals surface area contributed by atoms with Crippen molar-refractivity contribution >= 4 is 11.8 Å². The molecule has 2 aromatic rings. The number of halogens is 3. The number of benzene rings is 2. The number of carbonyl (C=O) groups is 2. The van der Waals surface area contributed by atoms with Crippen LogP contribution in [-0.4, -0.2) is 54.5 Å². The van der Waals surface area contributed by atoms with Crippen LogP contribution in [0.25, 0.3) is 0 Å². The van der Waals surface area contributed by atoms with Crippen LogP contribution in [-0.2, 0) is 22.3 Å². The lowest BCUT2D eigenvalue weighted by molar-refractivity contribution is -0.137. The third-order valence-corrected chi connectivity index (χ3v) is 6.90. The van der Waals surface area contributed by atoms with E-state index in [0.717, 1.165) is 37.1 Å². The molecule has 2 atom stereocenters. The number of likely N-dealkylation sites (tertiary alicyclic amines) is 1. The predicted molar refractivity (Wildman–Crippen MR) is 129 cm³/mol. The van der Waals surface area contributed by atoms with Gasteiger partial charge in [-0.25, -0.2) is 0 Å². The van der Waals surface area contributed by atoms with Crippen molar-refractivity contribution in [2.45, 2.75) is 63.1 Å². The maximum Gasteiger partial charge on any atom is 0.416 e. The molecule has 0 radical (unpaired) electrons. The zero-order chi connectivity index (χ0) is 25.5. The van der Waals surface area contributed by atoms with E-state index in [2.05, 4.69) is 15.5 Å². The second-order valence-electron chi connectivity index (χ2n) is 9.52. The lowest BCUT2D eigenvalue weighted by Crippen LogP contribution is -2.47. The average Bonchev–Trinajstić information content (AvgIpc) is 3.29. The second-order valence-corrected chi connectivity index (χ2v) is 9.52. The molecule has 4 rings (SSSR count). The van der Waals surface area contributed by atoms with Gasteiger partial charge >= 0.3 is 6.18 Å². The molecule has 194 valence electrons. The molecule has 1 aliphatic heterocycles. The minimum atomic E-state index is -4.55. The molecule has 2 N–H and O–H groups in total. The molecule has 0 bridgehead atoms. The first-order chi connectivity index (χ1) is 17.3. The number of nitrogens with one attached hydrogen (secondary N) is 2. The standard InChI is InChI=1S/C27H32F3N3O3/c28-27(29,30)21-11-7-10-20(14-21)26(35)31-15-25(34)32-23-16-33(22-12-5-2-6-13-22)17-24(23)36-18-19-8-3-1-4-9-19/h1,3-4,7-11,14,22-24H,2,5-6,12-13,15-18H2,(H,31,35)(H,32,34)/t23-,24+/m0/s1. The number of carbonyl (C=O) groups excluding carboxylic acids is 2. The third-order valence-electron chi connectivity index (χ3n) is 6.90. The molecule has 1 saturated heterocycles.